The summed E-state index contributed by atoms with van der Waals surface area (Å²) in [7, 11) is 0. The SMILES string of the molecule is CC(NC(=O)C(Cc1c[nH]c2ccccc12)NC(=O)C(CC(=O)O)NC(=O)CN)C(=O)O. The van der Waals surface area contributed by atoms with Crippen LogP contribution in [0.1, 0.15) is 18.9 Å². The first-order valence-electron chi connectivity index (χ1n) is 9.72. The molecule has 1 aromatic heterocycles. The fourth-order valence-electron chi connectivity index (χ4n) is 3.01. The normalized spacial score (nSPS) is 13.6. The zero-order chi connectivity index (χ0) is 23.8. The lowest BCUT2D eigenvalue weighted by molar-refractivity contribution is -0.142. The number of aromatic amines is 1. The van der Waals surface area contributed by atoms with Crippen LogP contribution in [0.4, 0.5) is 0 Å². The third-order valence-corrected chi connectivity index (χ3v) is 4.68. The Morgan fingerprint density at radius 3 is 2.28 bits per heavy atom. The van der Waals surface area contributed by atoms with Crippen LogP contribution in [0.2, 0.25) is 0 Å². The van der Waals surface area contributed by atoms with Gasteiger partial charge in [0, 0.05) is 23.5 Å². The minimum atomic E-state index is -1.47. The number of carboxylic acids is 2. The monoisotopic (exact) mass is 447 g/mol. The molecule has 3 atom stereocenters. The summed E-state index contributed by atoms with van der Waals surface area (Å²) in [6.07, 6.45) is 0.908. The molecule has 0 aliphatic rings. The van der Waals surface area contributed by atoms with E-state index < -0.39 is 60.8 Å². The van der Waals surface area contributed by atoms with Crippen LogP contribution >= 0.6 is 0 Å². The number of hydrogen-bond donors (Lipinski definition) is 7. The molecule has 0 saturated heterocycles. The van der Waals surface area contributed by atoms with Crippen molar-refractivity contribution < 1.29 is 34.2 Å². The number of H-pyrrole nitrogens is 1. The summed E-state index contributed by atoms with van der Waals surface area (Å²) in [5.41, 5.74) is 6.68. The highest BCUT2D eigenvalue weighted by Gasteiger charge is 2.30. The van der Waals surface area contributed by atoms with Gasteiger partial charge in [-0.05, 0) is 18.6 Å². The van der Waals surface area contributed by atoms with E-state index in [2.05, 4.69) is 20.9 Å². The minimum Gasteiger partial charge on any atom is -0.481 e. The molecule has 12 nitrogen and oxygen atoms in total. The fraction of sp³-hybridized carbons (Fsp3) is 0.350. The molecular formula is C20H25N5O7. The van der Waals surface area contributed by atoms with Gasteiger partial charge in [-0.3, -0.25) is 24.0 Å². The second kappa shape index (κ2) is 10.9. The van der Waals surface area contributed by atoms with Crippen molar-refractivity contribution >= 4 is 40.6 Å². The Morgan fingerprint density at radius 2 is 1.66 bits per heavy atom. The van der Waals surface area contributed by atoms with Crippen LogP contribution in [-0.4, -0.2) is 69.5 Å². The average molecular weight is 447 g/mol. The number of hydrogen-bond acceptors (Lipinski definition) is 6. The lowest BCUT2D eigenvalue weighted by atomic mass is 10.0. The third-order valence-electron chi connectivity index (χ3n) is 4.68. The lowest BCUT2D eigenvalue weighted by Crippen LogP contribution is -2.56. The van der Waals surface area contributed by atoms with Crippen LogP contribution < -0.4 is 21.7 Å². The minimum absolute atomic E-state index is 0.0153. The van der Waals surface area contributed by atoms with E-state index in [9.17, 15) is 24.0 Å². The van der Waals surface area contributed by atoms with Gasteiger partial charge in [0.25, 0.3) is 0 Å². The zero-order valence-corrected chi connectivity index (χ0v) is 17.3. The van der Waals surface area contributed by atoms with Crippen molar-refractivity contribution in [3.63, 3.8) is 0 Å². The second-order valence-corrected chi connectivity index (χ2v) is 7.12. The molecule has 172 valence electrons. The highest BCUT2D eigenvalue weighted by molar-refractivity contribution is 5.95. The molecule has 0 spiro atoms. The fourth-order valence-corrected chi connectivity index (χ4v) is 3.01. The van der Waals surface area contributed by atoms with Crippen molar-refractivity contribution in [1.82, 2.24) is 20.9 Å². The first kappa shape index (κ1) is 24.3. The topological polar surface area (TPSA) is 204 Å². The van der Waals surface area contributed by atoms with Crippen LogP contribution in [-0.2, 0) is 30.4 Å². The molecule has 1 heterocycles. The van der Waals surface area contributed by atoms with Crippen molar-refractivity contribution in [1.29, 1.82) is 0 Å². The van der Waals surface area contributed by atoms with Crippen molar-refractivity contribution in [3.8, 4) is 0 Å². The van der Waals surface area contributed by atoms with Gasteiger partial charge in [0.05, 0.1) is 13.0 Å². The van der Waals surface area contributed by atoms with Gasteiger partial charge < -0.3 is 36.9 Å². The molecule has 12 heteroatoms. The van der Waals surface area contributed by atoms with Crippen LogP contribution in [0, 0.1) is 0 Å². The van der Waals surface area contributed by atoms with Crippen LogP contribution in [0.3, 0.4) is 0 Å². The number of fused-ring (bicyclic) bond motifs is 1. The van der Waals surface area contributed by atoms with Gasteiger partial charge in [0.1, 0.15) is 18.1 Å². The number of nitrogens with two attached hydrogens (primary N) is 1. The number of carbonyl (C=O) groups is 5. The largest absolute Gasteiger partial charge is 0.481 e. The second-order valence-electron chi connectivity index (χ2n) is 7.12. The predicted octanol–water partition coefficient (Wildman–Crippen LogP) is -1.30. The maximum atomic E-state index is 12.8. The first-order chi connectivity index (χ1) is 15.1. The Morgan fingerprint density at radius 1 is 1.00 bits per heavy atom. The van der Waals surface area contributed by atoms with Gasteiger partial charge in [-0.25, -0.2) is 0 Å². The van der Waals surface area contributed by atoms with Gasteiger partial charge in [-0.2, -0.15) is 0 Å². The third kappa shape index (κ3) is 6.54. The molecule has 1 aromatic carbocycles. The van der Waals surface area contributed by atoms with Gasteiger partial charge in [0.2, 0.25) is 17.7 Å². The molecule has 0 fully saturated rings. The quantitative estimate of drug-likeness (QED) is 0.220. The Bertz CT molecular complexity index is 1020. The van der Waals surface area contributed by atoms with Crippen molar-refractivity contribution in [2.24, 2.45) is 5.73 Å². The number of aromatic nitrogens is 1. The van der Waals surface area contributed by atoms with E-state index in [1.165, 1.54) is 6.92 Å². The summed E-state index contributed by atoms with van der Waals surface area (Å²) in [5, 5.41) is 25.8. The summed E-state index contributed by atoms with van der Waals surface area (Å²) in [6.45, 7) is 0.804. The summed E-state index contributed by atoms with van der Waals surface area (Å²) >= 11 is 0. The molecule has 0 radical (unpaired) electrons. The molecule has 3 unspecified atom stereocenters. The maximum absolute atomic E-state index is 12.8. The summed E-state index contributed by atoms with van der Waals surface area (Å²) in [4.78, 5) is 62.4. The number of amides is 3. The van der Waals surface area contributed by atoms with E-state index in [1.54, 1.807) is 12.3 Å². The molecule has 0 aliphatic heterocycles. The number of aliphatic carboxylic acids is 2. The lowest BCUT2D eigenvalue weighted by Gasteiger charge is -2.23. The Balaban J connectivity index is 2.28. The number of para-hydroxylation sites is 1. The number of carbonyl (C=O) groups excluding carboxylic acids is 3. The highest BCUT2D eigenvalue weighted by Crippen LogP contribution is 2.19. The number of nitrogens with one attached hydrogen (secondary N) is 4. The van der Waals surface area contributed by atoms with E-state index in [1.807, 2.05) is 18.2 Å². The smallest absolute Gasteiger partial charge is 0.325 e. The molecule has 3 amide bonds. The van der Waals surface area contributed by atoms with E-state index in [0.29, 0.717) is 5.56 Å². The van der Waals surface area contributed by atoms with Gasteiger partial charge in [0.15, 0.2) is 0 Å². The van der Waals surface area contributed by atoms with Crippen molar-refractivity contribution in [3.05, 3.63) is 36.0 Å². The summed E-state index contributed by atoms with van der Waals surface area (Å²) in [6, 6.07) is 3.31. The molecule has 2 rings (SSSR count). The van der Waals surface area contributed by atoms with Crippen molar-refractivity contribution in [2.45, 2.75) is 37.9 Å². The van der Waals surface area contributed by atoms with E-state index >= 15 is 0 Å². The molecule has 0 saturated carbocycles. The van der Waals surface area contributed by atoms with E-state index in [0.717, 1.165) is 10.9 Å². The van der Waals surface area contributed by atoms with Crippen LogP contribution in [0.25, 0.3) is 10.9 Å². The molecule has 2 aromatic rings. The average Bonchev–Trinajstić information content (AvgIpc) is 3.15. The molecule has 32 heavy (non-hydrogen) atoms. The van der Waals surface area contributed by atoms with Gasteiger partial charge in [-0.15, -0.1) is 0 Å². The van der Waals surface area contributed by atoms with Gasteiger partial charge in [-0.1, -0.05) is 18.2 Å². The first-order valence-corrected chi connectivity index (χ1v) is 9.72. The summed E-state index contributed by atoms with van der Waals surface area (Å²) < 4.78 is 0. The Kier molecular flexibility index (Phi) is 8.30. The number of rotatable bonds is 11. The Hall–Kier alpha value is -3.93. The van der Waals surface area contributed by atoms with Gasteiger partial charge >= 0.3 is 11.9 Å². The van der Waals surface area contributed by atoms with Crippen molar-refractivity contribution in [2.75, 3.05) is 6.54 Å². The number of benzene rings is 1. The molecule has 0 aliphatic carbocycles. The molecule has 8 N–H and O–H groups in total. The number of carboxylic acid groups (broad SMARTS) is 2. The van der Waals surface area contributed by atoms with Crippen LogP contribution in [0.15, 0.2) is 30.5 Å². The standard InChI is InChI=1S/C20H25N5O7/c1-10(20(31)32)23-18(29)14(6-11-9-22-13-5-3-2-4-12(11)13)25-19(30)15(7-17(27)28)24-16(26)8-21/h2-5,9-10,14-15,22H,6-8,21H2,1H3,(H,23,29)(H,24,26)(H,25,30)(H,27,28)(H,31,32). The molecular weight excluding hydrogens is 422 g/mol. The Labute approximate surface area is 182 Å². The predicted molar refractivity (Wildman–Crippen MR) is 112 cm³/mol. The maximum Gasteiger partial charge on any atom is 0.325 e. The van der Waals surface area contributed by atoms with Crippen LogP contribution in [0.5, 0.6) is 0 Å². The molecule has 0 bridgehead atoms. The van der Waals surface area contributed by atoms with E-state index in [-0.39, 0.29) is 6.42 Å². The highest BCUT2D eigenvalue weighted by atomic mass is 16.4. The summed E-state index contributed by atoms with van der Waals surface area (Å²) in [5.74, 6) is -5.06. The zero-order valence-electron chi connectivity index (χ0n) is 17.3. The van der Waals surface area contributed by atoms with E-state index in [4.69, 9.17) is 15.9 Å².